The maximum atomic E-state index is 12.8. The van der Waals surface area contributed by atoms with Crippen LogP contribution in [0.5, 0.6) is 5.75 Å². The monoisotopic (exact) mass is 299 g/mol. The van der Waals surface area contributed by atoms with Gasteiger partial charge in [-0.15, -0.1) is 0 Å². The topological polar surface area (TPSA) is 42.1 Å². The average Bonchev–Trinajstić information content (AvgIpc) is 2.93. The summed E-state index contributed by atoms with van der Waals surface area (Å²) in [5, 5.41) is 1.39. The van der Waals surface area contributed by atoms with Gasteiger partial charge in [0.05, 0.1) is 18.1 Å². The Morgan fingerprint density at radius 1 is 1.14 bits per heavy atom. The van der Waals surface area contributed by atoms with Gasteiger partial charge in [0.2, 0.25) is 0 Å². The summed E-state index contributed by atoms with van der Waals surface area (Å²) in [6.07, 6.45) is 1.72. The third-order valence-electron chi connectivity index (χ3n) is 3.64. The van der Waals surface area contributed by atoms with Gasteiger partial charge < -0.3 is 9.72 Å². The van der Waals surface area contributed by atoms with Crippen molar-refractivity contribution in [2.45, 2.75) is 6.92 Å². The van der Waals surface area contributed by atoms with Gasteiger partial charge in [0.1, 0.15) is 5.75 Å². The summed E-state index contributed by atoms with van der Waals surface area (Å²) in [5.41, 5.74) is 2.85. The Hall–Kier alpha value is -2.26. The predicted octanol–water partition coefficient (Wildman–Crippen LogP) is 4.37. The van der Waals surface area contributed by atoms with Crippen molar-refractivity contribution < 1.29 is 9.53 Å². The van der Waals surface area contributed by atoms with Crippen LogP contribution in [0.25, 0.3) is 10.9 Å². The van der Waals surface area contributed by atoms with E-state index < -0.39 is 0 Å². The lowest BCUT2D eigenvalue weighted by atomic mass is 9.98. The van der Waals surface area contributed by atoms with E-state index in [2.05, 4.69) is 4.98 Å². The molecule has 1 heterocycles. The molecule has 2 aromatic carbocycles. The van der Waals surface area contributed by atoms with E-state index in [1.165, 1.54) is 0 Å². The van der Waals surface area contributed by atoms with E-state index in [0.717, 1.165) is 16.5 Å². The fraction of sp³-hybridized carbons (Fsp3) is 0.118. The second-order valence-corrected chi connectivity index (χ2v) is 5.23. The molecule has 0 fully saturated rings. The number of benzene rings is 2. The van der Waals surface area contributed by atoms with Crippen molar-refractivity contribution in [1.82, 2.24) is 4.98 Å². The van der Waals surface area contributed by atoms with Crippen LogP contribution in [0.3, 0.4) is 0 Å². The van der Waals surface area contributed by atoms with Gasteiger partial charge >= 0.3 is 0 Å². The van der Waals surface area contributed by atoms with Crippen LogP contribution in [0.4, 0.5) is 0 Å². The molecule has 0 spiro atoms. The molecule has 4 heteroatoms. The van der Waals surface area contributed by atoms with E-state index in [-0.39, 0.29) is 5.78 Å². The first-order valence-electron chi connectivity index (χ1n) is 6.57. The van der Waals surface area contributed by atoms with Crippen LogP contribution in [-0.4, -0.2) is 17.9 Å². The fourth-order valence-corrected chi connectivity index (χ4v) is 2.67. The van der Waals surface area contributed by atoms with Crippen LogP contribution in [0, 0.1) is 6.92 Å². The summed E-state index contributed by atoms with van der Waals surface area (Å²) in [6, 6.07) is 11.0. The Morgan fingerprint density at radius 3 is 2.67 bits per heavy atom. The normalized spacial score (nSPS) is 10.8. The molecule has 0 amide bonds. The minimum absolute atomic E-state index is 0.0641. The number of hydrogen-bond acceptors (Lipinski definition) is 2. The Bertz CT molecular complexity index is 836. The van der Waals surface area contributed by atoms with Crippen LogP contribution < -0.4 is 4.74 Å². The number of H-pyrrole nitrogens is 1. The summed E-state index contributed by atoms with van der Waals surface area (Å²) < 4.78 is 5.37. The molecule has 0 aliphatic carbocycles. The van der Waals surface area contributed by atoms with Crippen LogP contribution >= 0.6 is 11.6 Å². The number of ether oxygens (including phenoxy) is 1. The number of carbonyl (C=O) groups is 1. The Morgan fingerprint density at radius 2 is 1.90 bits per heavy atom. The van der Waals surface area contributed by atoms with Crippen molar-refractivity contribution in [3.8, 4) is 5.75 Å². The lowest BCUT2D eigenvalue weighted by Crippen LogP contribution is -2.03. The smallest absolute Gasteiger partial charge is 0.195 e. The molecule has 3 rings (SSSR count). The van der Waals surface area contributed by atoms with Gasteiger partial charge in [-0.2, -0.15) is 0 Å². The first kappa shape index (κ1) is 13.7. The molecular formula is C17H14ClNO2. The minimum Gasteiger partial charge on any atom is -0.496 e. The van der Waals surface area contributed by atoms with Gasteiger partial charge in [0, 0.05) is 22.3 Å². The molecule has 1 N–H and O–H groups in total. The van der Waals surface area contributed by atoms with Crippen LogP contribution in [-0.2, 0) is 0 Å². The number of aromatic nitrogens is 1. The number of rotatable bonds is 3. The highest BCUT2D eigenvalue weighted by Gasteiger charge is 2.19. The average molecular weight is 300 g/mol. The summed E-state index contributed by atoms with van der Waals surface area (Å²) in [5.74, 6) is 0.613. The molecule has 106 valence electrons. The highest BCUT2D eigenvalue weighted by Crippen LogP contribution is 2.31. The van der Waals surface area contributed by atoms with Crippen LogP contribution in [0.2, 0.25) is 5.02 Å². The highest BCUT2D eigenvalue weighted by molar-refractivity contribution is 6.32. The van der Waals surface area contributed by atoms with Crippen molar-refractivity contribution in [3.05, 3.63) is 64.3 Å². The van der Waals surface area contributed by atoms with E-state index in [1.807, 2.05) is 25.1 Å². The Labute approximate surface area is 127 Å². The lowest BCUT2D eigenvalue weighted by Gasteiger charge is -2.07. The fourth-order valence-electron chi connectivity index (χ4n) is 2.50. The number of fused-ring (bicyclic) bond motifs is 1. The van der Waals surface area contributed by atoms with E-state index in [4.69, 9.17) is 16.3 Å². The summed E-state index contributed by atoms with van der Waals surface area (Å²) in [4.78, 5) is 15.9. The second-order valence-electron chi connectivity index (χ2n) is 4.83. The highest BCUT2D eigenvalue weighted by atomic mass is 35.5. The molecule has 0 saturated heterocycles. The zero-order chi connectivity index (χ0) is 15.0. The largest absolute Gasteiger partial charge is 0.496 e. The lowest BCUT2D eigenvalue weighted by molar-refractivity contribution is 0.103. The molecule has 1 aromatic heterocycles. The van der Waals surface area contributed by atoms with Gasteiger partial charge in [-0.25, -0.2) is 0 Å². The third kappa shape index (κ3) is 2.20. The molecule has 0 unspecified atom stereocenters. The van der Waals surface area contributed by atoms with E-state index >= 15 is 0 Å². The molecule has 3 nitrogen and oxygen atoms in total. The van der Waals surface area contributed by atoms with Crippen molar-refractivity contribution in [1.29, 1.82) is 0 Å². The number of carbonyl (C=O) groups excluding carboxylic acids is 1. The standard InChI is InChI=1S/C17H14ClNO2/c1-10-11(5-3-6-13(10)18)17(20)12-9-19-14-7-4-8-15(21-2)16(12)14/h3-9,19H,1-2H3. The molecule has 0 atom stereocenters. The quantitative estimate of drug-likeness (QED) is 0.730. The van der Waals surface area contributed by atoms with Crippen molar-refractivity contribution in [2.75, 3.05) is 7.11 Å². The zero-order valence-electron chi connectivity index (χ0n) is 11.7. The third-order valence-corrected chi connectivity index (χ3v) is 4.05. The van der Waals surface area contributed by atoms with Gasteiger partial charge in [-0.1, -0.05) is 29.8 Å². The second kappa shape index (κ2) is 5.26. The van der Waals surface area contributed by atoms with E-state index in [9.17, 15) is 4.79 Å². The van der Waals surface area contributed by atoms with Crippen molar-refractivity contribution in [2.24, 2.45) is 0 Å². The van der Waals surface area contributed by atoms with Gasteiger partial charge in [-0.3, -0.25) is 4.79 Å². The first-order valence-corrected chi connectivity index (χ1v) is 6.95. The molecule has 3 aromatic rings. The van der Waals surface area contributed by atoms with Crippen molar-refractivity contribution in [3.63, 3.8) is 0 Å². The molecule has 0 bridgehead atoms. The minimum atomic E-state index is -0.0641. The first-order chi connectivity index (χ1) is 10.1. The number of ketones is 1. The van der Waals surface area contributed by atoms with Crippen LogP contribution in [0.15, 0.2) is 42.6 Å². The molecule has 21 heavy (non-hydrogen) atoms. The van der Waals surface area contributed by atoms with Gasteiger partial charge in [0.15, 0.2) is 5.78 Å². The molecule has 0 aliphatic rings. The predicted molar refractivity (Wildman–Crippen MR) is 84.5 cm³/mol. The maximum absolute atomic E-state index is 12.8. The van der Waals surface area contributed by atoms with Crippen LogP contribution in [0.1, 0.15) is 21.5 Å². The molecule has 0 aliphatic heterocycles. The Kier molecular flexibility index (Phi) is 3.43. The van der Waals surface area contributed by atoms with E-state index in [1.54, 1.807) is 31.5 Å². The summed E-state index contributed by atoms with van der Waals surface area (Å²) in [7, 11) is 1.60. The molecular weight excluding hydrogens is 286 g/mol. The van der Waals surface area contributed by atoms with Crippen molar-refractivity contribution >= 4 is 28.3 Å². The van der Waals surface area contributed by atoms with E-state index in [0.29, 0.717) is 21.9 Å². The summed E-state index contributed by atoms with van der Waals surface area (Å²) >= 11 is 6.11. The number of hydrogen-bond donors (Lipinski definition) is 1. The SMILES string of the molecule is COc1cccc2[nH]cc(C(=O)c3cccc(Cl)c3C)c12. The maximum Gasteiger partial charge on any atom is 0.195 e. The number of methoxy groups -OCH3 is 1. The number of nitrogens with one attached hydrogen (secondary N) is 1. The number of halogens is 1. The van der Waals surface area contributed by atoms with Gasteiger partial charge in [-0.05, 0) is 30.7 Å². The molecule has 0 radical (unpaired) electrons. The molecule has 0 saturated carbocycles. The van der Waals surface area contributed by atoms with Gasteiger partial charge in [0.25, 0.3) is 0 Å². The summed E-state index contributed by atoms with van der Waals surface area (Å²) in [6.45, 7) is 1.85. The Balaban J connectivity index is 2.21. The zero-order valence-corrected chi connectivity index (χ0v) is 12.5. The number of aromatic amines is 1.